The van der Waals surface area contributed by atoms with Crippen molar-refractivity contribution in [1.29, 1.82) is 0 Å². The fourth-order valence-corrected chi connectivity index (χ4v) is 2.00. The molecule has 3 rings (SSSR count). The molecule has 2 aromatic carbocycles. The van der Waals surface area contributed by atoms with Crippen molar-refractivity contribution < 1.29 is 9.18 Å². The number of nitrogens with zero attached hydrogens (tertiary/aromatic N) is 1. The van der Waals surface area contributed by atoms with Crippen LogP contribution >= 0.6 is 0 Å². The number of fused-ring (bicyclic) bond motifs is 1. The fraction of sp³-hybridized carbons (Fsp3) is 0. The second kappa shape index (κ2) is 5.09. The smallest absolute Gasteiger partial charge is 0.256 e. The molecule has 0 atom stereocenters. The third kappa shape index (κ3) is 2.49. The highest BCUT2D eigenvalue weighted by atomic mass is 19.1. The highest BCUT2D eigenvalue weighted by Gasteiger charge is 2.07. The van der Waals surface area contributed by atoms with Gasteiger partial charge in [-0.15, -0.1) is 0 Å². The first-order chi connectivity index (χ1) is 9.72. The van der Waals surface area contributed by atoms with Crippen LogP contribution in [0.15, 0.2) is 60.7 Å². The van der Waals surface area contributed by atoms with Crippen molar-refractivity contribution in [3.05, 3.63) is 72.2 Å². The highest BCUT2D eigenvalue weighted by Crippen LogP contribution is 2.16. The fourth-order valence-electron chi connectivity index (χ4n) is 2.00. The molecule has 0 aliphatic carbocycles. The molecular formula is C16H11FN2O. The molecule has 1 amide bonds. The van der Waals surface area contributed by atoms with E-state index in [0.717, 1.165) is 10.8 Å². The number of amides is 1. The van der Waals surface area contributed by atoms with Crippen molar-refractivity contribution in [2.45, 2.75) is 0 Å². The zero-order valence-electron chi connectivity index (χ0n) is 10.5. The average molecular weight is 266 g/mol. The van der Waals surface area contributed by atoms with Crippen LogP contribution in [0.2, 0.25) is 0 Å². The van der Waals surface area contributed by atoms with Gasteiger partial charge in [0.2, 0.25) is 5.95 Å². The van der Waals surface area contributed by atoms with Crippen molar-refractivity contribution in [2.24, 2.45) is 0 Å². The normalized spacial score (nSPS) is 10.4. The van der Waals surface area contributed by atoms with Gasteiger partial charge in [0.25, 0.3) is 5.91 Å². The van der Waals surface area contributed by atoms with E-state index in [1.807, 2.05) is 30.3 Å². The maximum absolute atomic E-state index is 13.0. The standard InChI is InChI=1S/C16H11FN2O/c17-14-6-3-7-15(18-14)19-16(20)13-9-8-11-4-1-2-5-12(11)10-13/h1-10H,(H,18,19,20). The van der Waals surface area contributed by atoms with E-state index in [0.29, 0.717) is 5.56 Å². The Kier molecular flexibility index (Phi) is 3.13. The maximum atomic E-state index is 13.0. The predicted octanol–water partition coefficient (Wildman–Crippen LogP) is 3.63. The SMILES string of the molecule is O=C(Nc1cccc(F)n1)c1ccc2ccccc2c1. The molecule has 0 aliphatic heterocycles. The monoisotopic (exact) mass is 266 g/mol. The Morgan fingerprint density at radius 1 is 0.950 bits per heavy atom. The molecule has 1 aromatic heterocycles. The highest BCUT2D eigenvalue weighted by molar-refractivity contribution is 6.06. The second-order valence-electron chi connectivity index (χ2n) is 4.36. The van der Waals surface area contributed by atoms with Gasteiger partial charge in [-0.2, -0.15) is 4.39 Å². The Labute approximate surface area is 115 Å². The molecule has 0 spiro atoms. The van der Waals surface area contributed by atoms with Crippen LogP contribution in [0, 0.1) is 5.95 Å². The molecule has 0 radical (unpaired) electrons. The van der Waals surface area contributed by atoms with Crippen molar-refractivity contribution in [1.82, 2.24) is 4.98 Å². The summed E-state index contributed by atoms with van der Waals surface area (Å²) in [6.45, 7) is 0. The molecule has 1 N–H and O–H groups in total. The van der Waals surface area contributed by atoms with Gasteiger partial charge in [0.1, 0.15) is 5.82 Å². The third-order valence-electron chi connectivity index (χ3n) is 2.97. The Balaban J connectivity index is 1.88. The number of halogens is 1. The second-order valence-corrected chi connectivity index (χ2v) is 4.36. The summed E-state index contributed by atoms with van der Waals surface area (Å²) < 4.78 is 13.0. The first-order valence-electron chi connectivity index (χ1n) is 6.15. The molecule has 0 bridgehead atoms. The van der Waals surface area contributed by atoms with Gasteiger partial charge in [-0.05, 0) is 35.0 Å². The molecule has 98 valence electrons. The van der Waals surface area contributed by atoms with Crippen molar-refractivity contribution in [3.8, 4) is 0 Å². The Hall–Kier alpha value is -2.75. The predicted molar refractivity (Wildman–Crippen MR) is 76.1 cm³/mol. The lowest BCUT2D eigenvalue weighted by atomic mass is 10.1. The molecule has 0 fully saturated rings. The summed E-state index contributed by atoms with van der Waals surface area (Å²) in [6, 6.07) is 17.4. The molecule has 1 heterocycles. The number of hydrogen-bond donors (Lipinski definition) is 1. The molecule has 0 unspecified atom stereocenters. The first kappa shape index (κ1) is 12.3. The van der Waals surface area contributed by atoms with E-state index in [4.69, 9.17) is 0 Å². The van der Waals surface area contributed by atoms with Crippen molar-refractivity contribution >= 4 is 22.5 Å². The summed E-state index contributed by atoms with van der Waals surface area (Å²) in [4.78, 5) is 15.7. The van der Waals surface area contributed by atoms with Gasteiger partial charge in [-0.3, -0.25) is 4.79 Å². The molecule has 20 heavy (non-hydrogen) atoms. The van der Waals surface area contributed by atoms with Gasteiger partial charge in [-0.1, -0.05) is 36.4 Å². The molecular weight excluding hydrogens is 255 g/mol. The Morgan fingerprint density at radius 3 is 2.55 bits per heavy atom. The van der Waals surface area contributed by atoms with Crippen LogP contribution in [0.1, 0.15) is 10.4 Å². The number of pyridine rings is 1. The van der Waals surface area contributed by atoms with Gasteiger partial charge < -0.3 is 5.32 Å². The lowest BCUT2D eigenvalue weighted by Gasteiger charge is -2.05. The molecule has 0 saturated heterocycles. The average Bonchev–Trinajstić information content (AvgIpc) is 2.47. The zero-order chi connectivity index (χ0) is 13.9. The first-order valence-corrected chi connectivity index (χ1v) is 6.15. The topological polar surface area (TPSA) is 42.0 Å². The van der Waals surface area contributed by atoms with Crippen LogP contribution in [0.4, 0.5) is 10.2 Å². The quantitative estimate of drug-likeness (QED) is 0.720. The lowest BCUT2D eigenvalue weighted by molar-refractivity contribution is 0.102. The van der Waals surface area contributed by atoms with E-state index in [1.54, 1.807) is 18.2 Å². The maximum Gasteiger partial charge on any atom is 0.256 e. The van der Waals surface area contributed by atoms with Crippen LogP contribution in [-0.2, 0) is 0 Å². The minimum atomic E-state index is -0.624. The van der Waals surface area contributed by atoms with Gasteiger partial charge >= 0.3 is 0 Å². The number of rotatable bonds is 2. The number of carbonyl (C=O) groups is 1. The van der Waals surface area contributed by atoms with Gasteiger partial charge in [0, 0.05) is 5.56 Å². The number of aromatic nitrogens is 1. The summed E-state index contributed by atoms with van der Waals surface area (Å²) in [6.07, 6.45) is 0. The van der Waals surface area contributed by atoms with E-state index in [-0.39, 0.29) is 11.7 Å². The summed E-state index contributed by atoms with van der Waals surface area (Å²) in [5, 5.41) is 4.62. The van der Waals surface area contributed by atoms with Crippen molar-refractivity contribution in [2.75, 3.05) is 5.32 Å². The summed E-state index contributed by atoms with van der Waals surface area (Å²) in [5.41, 5.74) is 0.509. The van der Waals surface area contributed by atoms with E-state index in [1.165, 1.54) is 12.1 Å². The molecule has 0 aliphatic rings. The van der Waals surface area contributed by atoms with Crippen molar-refractivity contribution in [3.63, 3.8) is 0 Å². The van der Waals surface area contributed by atoms with E-state index < -0.39 is 5.95 Å². The van der Waals surface area contributed by atoms with Gasteiger partial charge in [0.15, 0.2) is 0 Å². The summed E-state index contributed by atoms with van der Waals surface area (Å²) in [7, 11) is 0. The van der Waals surface area contributed by atoms with Gasteiger partial charge in [-0.25, -0.2) is 4.98 Å². The summed E-state index contributed by atoms with van der Waals surface area (Å²) >= 11 is 0. The minimum Gasteiger partial charge on any atom is -0.306 e. The minimum absolute atomic E-state index is 0.197. The van der Waals surface area contributed by atoms with E-state index in [2.05, 4.69) is 10.3 Å². The third-order valence-corrected chi connectivity index (χ3v) is 2.97. The van der Waals surface area contributed by atoms with Crippen LogP contribution < -0.4 is 5.32 Å². The number of nitrogens with one attached hydrogen (secondary N) is 1. The van der Waals surface area contributed by atoms with Gasteiger partial charge in [0.05, 0.1) is 0 Å². The van der Waals surface area contributed by atoms with Crippen LogP contribution in [-0.4, -0.2) is 10.9 Å². The largest absolute Gasteiger partial charge is 0.306 e. The van der Waals surface area contributed by atoms with E-state index in [9.17, 15) is 9.18 Å². The number of benzene rings is 2. The number of hydrogen-bond acceptors (Lipinski definition) is 2. The molecule has 3 aromatic rings. The van der Waals surface area contributed by atoms with Crippen LogP contribution in [0.3, 0.4) is 0 Å². The van der Waals surface area contributed by atoms with E-state index >= 15 is 0 Å². The van der Waals surface area contributed by atoms with Crippen LogP contribution in [0.5, 0.6) is 0 Å². The molecule has 3 nitrogen and oxygen atoms in total. The van der Waals surface area contributed by atoms with Crippen LogP contribution in [0.25, 0.3) is 10.8 Å². The number of carbonyl (C=O) groups excluding carboxylic acids is 1. The number of anilines is 1. The lowest BCUT2D eigenvalue weighted by Crippen LogP contribution is -2.13. The zero-order valence-corrected chi connectivity index (χ0v) is 10.5. The molecule has 0 saturated carbocycles. The molecule has 4 heteroatoms. The Bertz CT molecular complexity index is 786. The summed E-state index contributed by atoms with van der Waals surface area (Å²) in [5.74, 6) is -0.738. The Morgan fingerprint density at radius 2 is 1.75 bits per heavy atom.